The molecule has 0 N–H and O–H groups in total. The Kier molecular flexibility index (Phi) is 4.70. The van der Waals surface area contributed by atoms with Crippen molar-refractivity contribution in [1.82, 2.24) is 24.7 Å². The second kappa shape index (κ2) is 7.45. The van der Waals surface area contributed by atoms with Crippen LogP contribution in [0.1, 0.15) is 17.8 Å². The van der Waals surface area contributed by atoms with Gasteiger partial charge in [0.15, 0.2) is 0 Å². The predicted molar refractivity (Wildman–Crippen MR) is 103 cm³/mol. The van der Waals surface area contributed by atoms with Crippen LogP contribution in [0.2, 0.25) is 0 Å². The van der Waals surface area contributed by atoms with Crippen molar-refractivity contribution in [2.24, 2.45) is 7.05 Å². The van der Waals surface area contributed by atoms with Crippen LogP contribution in [0.3, 0.4) is 0 Å². The molecule has 4 rings (SSSR count). The number of hydrogen-bond acceptors (Lipinski definition) is 5. The molecular weight excluding hydrogens is 338 g/mol. The highest BCUT2D eigenvalue weighted by atomic mass is 16.1. The number of hydrogen-bond donors (Lipinski definition) is 0. The first-order valence-corrected chi connectivity index (χ1v) is 8.83. The minimum absolute atomic E-state index is 0.134. The van der Waals surface area contributed by atoms with Gasteiger partial charge in [-0.3, -0.25) is 14.5 Å². The number of Topliss-reactive ketones (excluding diaryl/α,β-unsaturated/α-hetero) is 1. The molecule has 0 saturated heterocycles. The Balaban J connectivity index is 1.49. The van der Waals surface area contributed by atoms with Gasteiger partial charge < -0.3 is 0 Å². The van der Waals surface area contributed by atoms with Crippen LogP contribution in [-0.2, 0) is 24.7 Å². The lowest BCUT2D eigenvalue weighted by atomic mass is 10.1. The lowest BCUT2D eigenvalue weighted by Crippen LogP contribution is -2.07. The maximum Gasteiger partial charge on any atom is 0.140 e. The van der Waals surface area contributed by atoms with Crippen molar-refractivity contribution in [1.29, 1.82) is 0 Å². The molecule has 4 aromatic rings. The maximum atomic E-state index is 12.3. The highest BCUT2D eigenvalue weighted by Crippen LogP contribution is 2.22. The Morgan fingerprint density at radius 1 is 1.07 bits per heavy atom. The summed E-state index contributed by atoms with van der Waals surface area (Å²) in [5.74, 6) is 0.695. The number of carbonyl (C=O) groups excluding carboxylic acids is 1. The molecule has 0 fully saturated rings. The molecule has 0 aliphatic heterocycles. The number of aryl methyl sites for hydroxylation is 2. The van der Waals surface area contributed by atoms with Gasteiger partial charge in [-0.25, -0.2) is 9.97 Å². The molecule has 0 atom stereocenters. The first-order valence-electron chi connectivity index (χ1n) is 8.83. The van der Waals surface area contributed by atoms with Gasteiger partial charge in [-0.15, -0.1) is 0 Å². The fourth-order valence-corrected chi connectivity index (χ4v) is 2.99. The van der Waals surface area contributed by atoms with Gasteiger partial charge in [0.05, 0.1) is 18.1 Å². The van der Waals surface area contributed by atoms with E-state index in [2.05, 4.69) is 20.1 Å². The summed E-state index contributed by atoms with van der Waals surface area (Å²) >= 11 is 0. The minimum Gasteiger partial charge on any atom is -0.299 e. The van der Waals surface area contributed by atoms with Crippen molar-refractivity contribution in [3.8, 4) is 11.1 Å². The van der Waals surface area contributed by atoms with Crippen LogP contribution in [-0.4, -0.2) is 30.5 Å². The zero-order valence-corrected chi connectivity index (χ0v) is 15.0. The average Bonchev–Trinajstić information content (AvgIpc) is 3.13. The normalized spacial score (nSPS) is 11.0. The van der Waals surface area contributed by atoms with Gasteiger partial charge in [0.1, 0.15) is 11.6 Å². The molecule has 3 heterocycles. The van der Waals surface area contributed by atoms with E-state index in [1.807, 2.05) is 49.8 Å². The Morgan fingerprint density at radius 3 is 2.70 bits per heavy atom. The molecule has 0 radical (unpaired) electrons. The lowest BCUT2D eigenvalue weighted by molar-refractivity contribution is -0.118. The molecule has 134 valence electrons. The van der Waals surface area contributed by atoms with Crippen molar-refractivity contribution in [2.45, 2.75) is 19.3 Å². The summed E-state index contributed by atoms with van der Waals surface area (Å²) < 4.78 is 1.77. The van der Waals surface area contributed by atoms with Crippen LogP contribution in [0.4, 0.5) is 0 Å². The molecular formula is C21H19N5O. The van der Waals surface area contributed by atoms with E-state index in [0.717, 1.165) is 27.6 Å². The van der Waals surface area contributed by atoms with Crippen molar-refractivity contribution in [3.63, 3.8) is 0 Å². The molecule has 27 heavy (non-hydrogen) atoms. The van der Waals surface area contributed by atoms with E-state index in [9.17, 15) is 4.79 Å². The summed E-state index contributed by atoms with van der Waals surface area (Å²) in [4.78, 5) is 25.2. The highest BCUT2D eigenvalue weighted by molar-refractivity contribution is 5.84. The van der Waals surface area contributed by atoms with Crippen LogP contribution in [0, 0.1) is 0 Å². The summed E-state index contributed by atoms with van der Waals surface area (Å²) in [5, 5.41) is 5.17. The van der Waals surface area contributed by atoms with Crippen LogP contribution in [0.15, 0.2) is 61.3 Å². The maximum absolute atomic E-state index is 12.3. The number of pyridine rings is 1. The third-order valence-corrected chi connectivity index (χ3v) is 4.47. The molecule has 1 aromatic carbocycles. The van der Waals surface area contributed by atoms with Crippen LogP contribution < -0.4 is 0 Å². The molecule has 3 aromatic heterocycles. The van der Waals surface area contributed by atoms with Gasteiger partial charge in [-0.1, -0.05) is 12.1 Å². The Morgan fingerprint density at radius 2 is 1.93 bits per heavy atom. The number of nitrogens with zero attached hydrogens (tertiary/aromatic N) is 5. The Bertz CT molecular complexity index is 1090. The SMILES string of the molecule is Cn1cc(-c2ccc3cnc(CC(=O)CCc4ccncc4)nc3c2)cn1. The summed E-state index contributed by atoms with van der Waals surface area (Å²) in [6, 6.07) is 9.90. The fourth-order valence-electron chi connectivity index (χ4n) is 2.99. The Hall–Kier alpha value is -3.41. The van der Waals surface area contributed by atoms with Gasteiger partial charge in [0.2, 0.25) is 0 Å². The number of fused-ring (bicyclic) bond motifs is 1. The molecule has 0 bridgehead atoms. The van der Waals surface area contributed by atoms with E-state index in [1.165, 1.54) is 0 Å². The topological polar surface area (TPSA) is 73.6 Å². The summed E-state index contributed by atoms with van der Waals surface area (Å²) in [6.07, 6.45) is 10.5. The second-order valence-corrected chi connectivity index (χ2v) is 6.53. The molecule has 0 aliphatic carbocycles. The first-order chi connectivity index (χ1) is 13.2. The van der Waals surface area contributed by atoms with Gasteiger partial charge in [-0.05, 0) is 35.7 Å². The number of benzene rings is 1. The van der Waals surface area contributed by atoms with Crippen molar-refractivity contribution < 1.29 is 4.79 Å². The van der Waals surface area contributed by atoms with Crippen LogP contribution in [0.5, 0.6) is 0 Å². The molecule has 0 saturated carbocycles. The fraction of sp³-hybridized carbons (Fsp3) is 0.190. The summed E-state index contributed by atoms with van der Waals surface area (Å²) in [7, 11) is 1.89. The molecule has 0 spiro atoms. The molecule has 6 nitrogen and oxygen atoms in total. The average molecular weight is 357 g/mol. The van der Waals surface area contributed by atoms with Gasteiger partial charge in [0.25, 0.3) is 0 Å². The smallest absolute Gasteiger partial charge is 0.140 e. The number of ketones is 1. The zero-order valence-electron chi connectivity index (χ0n) is 15.0. The second-order valence-electron chi connectivity index (χ2n) is 6.53. The molecule has 0 aliphatic rings. The third kappa shape index (κ3) is 4.06. The lowest BCUT2D eigenvalue weighted by Gasteiger charge is -2.04. The monoisotopic (exact) mass is 357 g/mol. The molecule has 0 amide bonds. The van der Waals surface area contributed by atoms with Crippen molar-refractivity contribution in [3.05, 3.63) is 72.7 Å². The zero-order chi connectivity index (χ0) is 18.6. The molecule has 0 unspecified atom stereocenters. The van der Waals surface area contributed by atoms with E-state index < -0.39 is 0 Å². The van der Waals surface area contributed by atoms with Gasteiger partial charge in [0, 0.05) is 49.2 Å². The van der Waals surface area contributed by atoms with E-state index in [4.69, 9.17) is 0 Å². The molecule has 6 heteroatoms. The standard InChI is InChI=1S/C21H19N5O/c1-26-14-18(13-24-26)16-3-4-17-12-23-21(25-20(17)10-16)11-19(27)5-2-15-6-8-22-9-7-15/h3-4,6-10,12-14H,2,5,11H2,1H3. The van der Waals surface area contributed by atoms with E-state index >= 15 is 0 Å². The van der Waals surface area contributed by atoms with Crippen LogP contribution in [0.25, 0.3) is 22.0 Å². The van der Waals surface area contributed by atoms with E-state index in [1.54, 1.807) is 23.3 Å². The van der Waals surface area contributed by atoms with Crippen molar-refractivity contribution in [2.75, 3.05) is 0 Å². The van der Waals surface area contributed by atoms with E-state index in [0.29, 0.717) is 18.7 Å². The Labute approximate surface area is 156 Å². The number of rotatable bonds is 6. The van der Waals surface area contributed by atoms with Gasteiger partial charge in [-0.2, -0.15) is 5.10 Å². The third-order valence-electron chi connectivity index (χ3n) is 4.47. The summed E-state index contributed by atoms with van der Waals surface area (Å²) in [6.45, 7) is 0. The highest BCUT2D eigenvalue weighted by Gasteiger charge is 2.09. The van der Waals surface area contributed by atoms with Crippen LogP contribution >= 0.6 is 0 Å². The predicted octanol–water partition coefficient (Wildman–Crippen LogP) is 3.17. The largest absolute Gasteiger partial charge is 0.299 e. The van der Waals surface area contributed by atoms with Crippen molar-refractivity contribution >= 4 is 16.7 Å². The quantitative estimate of drug-likeness (QED) is 0.530. The van der Waals surface area contributed by atoms with E-state index in [-0.39, 0.29) is 12.2 Å². The number of aromatic nitrogens is 5. The number of carbonyl (C=O) groups is 1. The summed E-state index contributed by atoms with van der Waals surface area (Å²) in [5.41, 5.74) is 4.03. The van der Waals surface area contributed by atoms with Gasteiger partial charge >= 0.3 is 0 Å². The minimum atomic E-state index is 0.134. The first kappa shape index (κ1) is 17.0.